The molecule has 1 saturated heterocycles. The predicted molar refractivity (Wildman–Crippen MR) is 77.7 cm³/mol. The second-order valence-corrected chi connectivity index (χ2v) is 6.25. The Morgan fingerprint density at radius 2 is 2.14 bits per heavy atom. The van der Waals surface area contributed by atoms with Gasteiger partial charge in [-0.3, -0.25) is 4.79 Å². The molecule has 0 aromatic carbocycles. The Hall–Kier alpha value is -1.43. The normalized spacial score (nSPS) is 23.3. The maximum Gasteiger partial charge on any atom is 0.228 e. The first-order valence-corrected chi connectivity index (χ1v) is 8.11. The molecule has 116 valence electrons. The highest BCUT2D eigenvalue weighted by atomic mass is 16.5. The lowest BCUT2D eigenvalue weighted by molar-refractivity contribution is -0.121. The third-order valence-electron chi connectivity index (χ3n) is 4.42. The molecule has 2 fully saturated rings. The molecule has 1 aromatic rings. The van der Waals surface area contributed by atoms with Crippen molar-refractivity contribution in [3.8, 4) is 0 Å². The van der Waals surface area contributed by atoms with E-state index in [0.717, 1.165) is 38.8 Å². The molecule has 1 amide bonds. The molecule has 6 heteroatoms. The second kappa shape index (κ2) is 7.02. The Labute approximate surface area is 125 Å². The van der Waals surface area contributed by atoms with Crippen molar-refractivity contribution < 1.29 is 9.32 Å². The van der Waals surface area contributed by atoms with Crippen LogP contribution in [0.4, 0.5) is 0 Å². The van der Waals surface area contributed by atoms with Gasteiger partial charge in [-0.15, -0.1) is 0 Å². The fourth-order valence-electron chi connectivity index (χ4n) is 3.25. The maximum atomic E-state index is 12.0. The minimum absolute atomic E-state index is 0.0109. The van der Waals surface area contributed by atoms with Gasteiger partial charge >= 0.3 is 0 Å². The third-order valence-corrected chi connectivity index (χ3v) is 4.42. The minimum Gasteiger partial charge on any atom is -0.353 e. The Morgan fingerprint density at radius 3 is 2.90 bits per heavy atom. The van der Waals surface area contributed by atoms with E-state index in [1.165, 1.54) is 19.3 Å². The first-order valence-electron chi connectivity index (χ1n) is 8.11. The first kappa shape index (κ1) is 14.5. The molecule has 1 aromatic heterocycles. The molecular formula is C15H24N4O2. The Morgan fingerprint density at radius 1 is 1.29 bits per heavy atom. The van der Waals surface area contributed by atoms with Crippen LogP contribution in [0.2, 0.25) is 0 Å². The Balaban J connectivity index is 1.45. The SMILES string of the molecule is O=C(Cc1noc(CC2CCNC2)n1)NC1CCCCC1. The zero-order chi connectivity index (χ0) is 14.5. The van der Waals surface area contributed by atoms with Crippen molar-refractivity contribution in [2.45, 2.75) is 57.4 Å². The zero-order valence-corrected chi connectivity index (χ0v) is 12.4. The molecule has 0 radical (unpaired) electrons. The van der Waals surface area contributed by atoms with Gasteiger partial charge in [-0.25, -0.2) is 0 Å². The molecule has 1 saturated carbocycles. The zero-order valence-electron chi connectivity index (χ0n) is 12.4. The predicted octanol–water partition coefficient (Wildman–Crippen LogP) is 1.21. The maximum absolute atomic E-state index is 12.0. The van der Waals surface area contributed by atoms with Gasteiger partial charge in [0.25, 0.3) is 0 Å². The van der Waals surface area contributed by atoms with Crippen molar-refractivity contribution in [2.24, 2.45) is 5.92 Å². The molecule has 2 aliphatic rings. The van der Waals surface area contributed by atoms with Gasteiger partial charge in [-0.2, -0.15) is 4.98 Å². The quantitative estimate of drug-likeness (QED) is 0.853. The van der Waals surface area contributed by atoms with E-state index in [4.69, 9.17) is 4.52 Å². The van der Waals surface area contributed by atoms with Crippen molar-refractivity contribution in [2.75, 3.05) is 13.1 Å². The summed E-state index contributed by atoms with van der Waals surface area (Å²) >= 11 is 0. The van der Waals surface area contributed by atoms with Gasteiger partial charge in [0.2, 0.25) is 11.8 Å². The van der Waals surface area contributed by atoms with E-state index in [0.29, 0.717) is 23.7 Å². The fourth-order valence-corrected chi connectivity index (χ4v) is 3.25. The average molecular weight is 292 g/mol. The highest BCUT2D eigenvalue weighted by molar-refractivity contribution is 5.78. The van der Waals surface area contributed by atoms with E-state index >= 15 is 0 Å². The van der Waals surface area contributed by atoms with Crippen molar-refractivity contribution in [3.05, 3.63) is 11.7 Å². The molecule has 1 unspecified atom stereocenters. The van der Waals surface area contributed by atoms with Crippen LogP contribution in [0.25, 0.3) is 0 Å². The van der Waals surface area contributed by atoms with Gasteiger partial charge in [-0.1, -0.05) is 24.4 Å². The van der Waals surface area contributed by atoms with Gasteiger partial charge in [0.15, 0.2) is 5.82 Å². The number of aromatic nitrogens is 2. The highest BCUT2D eigenvalue weighted by Crippen LogP contribution is 2.17. The standard InChI is InChI=1S/C15H24N4O2/c20-14(17-12-4-2-1-3-5-12)9-13-18-15(21-19-13)8-11-6-7-16-10-11/h11-12,16H,1-10H2,(H,17,20). The summed E-state index contributed by atoms with van der Waals surface area (Å²) < 4.78 is 5.25. The van der Waals surface area contributed by atoms with E-state index in [1.54, 1.807) is 0 Å². The molecule has 0 spiro atoms. The van der Waals surface area contributed by atoms with Gasteiger partial charge in [0, 0.05) is 12.5 Å². The van der Waals surface area contributed by atoms with Crippen LogP contribution < -0.4 is 10.6 Å². The molecule has 2 heterocycles. The molecule has 0 bridgehead atoms. The molecule has 3 rings (SSSR count). The van der Waals surface area contributed by atoms with Crippen molar-refractivity contribution in [3.63, 3.8) is 0 Å². The topological polar surface area (TPSA) is 80.1 Å². The van der Waals surface area contributed by atoms with Gasteiger partial charge in [0.05, 0.1) is 6.42 Å². The number of nitrogens with zero attached hydrogens (tertiary/aromatic N) is 2. The van der Waals surface area contributed by atoms with Crippen molar-refractivity contribution in [1.29, 1.82) is 0 Å². The summed E-state index contributed by atoms with van der Waals surface area (Å²) in [6.45, 7) is 2.08. The van der Waals surface area contributed by atoms with Crippen LogP contribution in [-0.2, 0) is 17.6 Å². The van der Waals surface area contributed by atoms with E-state index in [1.807, 2.05) is 0 Å². The Bertz CT molecular complexity index is 462. The smallest absolute Gasteiger partial charge is 0.228 e. The van der Waals surface area contributed by atoms with Gasteiger partial charge in [-0.05, 0) is 38.3 Å². The minimum atomic E-state index is 0.0109. The molecule has 6 nitrogen and oxygen atoms in total. The molecule has 1 aliphatic heterocycles. The molecule has 21 heavy (non-hydrogen) atoms. The fraction of sp³-hybridized carbons (Fsp3) is 0.800. The van der Waals surface area contributed by atoms with Crippen LogP contribution in [0.5, 0.6) is 0 Å². The lowest BCUT2D eigenvalue weighted by Gasteiger charge is -2.22. The summed E-state index contributed by atoms with van der Waals surface area (Å²) in [4.78, 5) is 16.3. The van der Waals surface area contributed by atoms with Crippen LogP contribution >= 0.6 is 0 Å². The van der Waals surface area contributed by atoms with Crippen molar-refractivity contribution >= 4 is 5.91 Å². The van der Waals surface area contributed by atoms with E-state index < -0.39 is 0 Å². The van der Waals surface area contributed by atoms with Gasteiger partial charge in [0.1, 0.15) is 0 Å². The van der Waals surface area contributed by atoms with Crippen LogP contribution in [0.1, 0.15) is 50.2 Å². The van der Waals surface area contributed by atoms with Crippen LogP contribution in [0, 0.1) is 5.92 Å². The molecular weight excluding hydrogens is 268 g/mol. The summed E-state index contributed by atoms with van der Waals surface area (Å²) in [7, 11) is 0. The molecule has 2 N–H and O–H groups in total. The summed E-state index contributed by atoms with van der Waals surface area (Å²) in [5.41, 5.74) is 0. The van der Waals surface area contributed by atoms with Crippen LogP contribution in [0.3, 0.4) is 0 Å². The number of hydrogen-bond acceptors (Lipinski definition) is 5. The molecule has 1 atom stereocenters. The van der Waals surface area contributed by atoms with Crippen LogP contribution in [0.15, 0.2) is 4.52 Å². The number of rotatable bonds is 5. The lowest BCUT2D eigenvalue weighted by Crippen LogP contribution is -2.37. The van der Waals surface area contributed by atoms with Crippen LogP contribution in [-0.4, -0.2) is 35.2 Å². The number of hydrogen-bond donors (Lipinski definition) is 2. The third kappa shape index (κ3) is 4.27. The van der Waals surface area contributed by atoms with E-state index in [9.17, 15) is 4.79 Å². The second-order valence-electron chi connectivity index (χ2n) is 6.25. The number of amides is 1. The largest absolute Gasteiger partial charge is 0.353 e. The monoisotopic (exact) mass is 292 g/mol. The number of carbonyl (C=O) groups is 1. The lowest BCUT2D eigenvalue weighted by atomic mass is 9.95. The summed E-state index contributed by atoms with van der Waals surface area (Å²) in [6.07, 6.45) is 8.10. The number of carbonyl (C=O) groups excluding carboxylic acids is 1. The summed E-state index contributed by atoms with van der Waals surface area (Å²) in [5, 5.41) is 10.3. The Kier molecular flexibility index (Phi) is 4.85. The van der Waals surface area contributed by atoms with Gasteiger partial charge < -0.3 is 15.2 Å². The summed E-state index contributed by atoms with van der Waals surface area (Å²) in [5.74, 6) is 1.75. The highest BCUT2D eigenvalue weighted by Gasteiger charge is 2.20. The molecule has 1 aliphatic carbocycles. The summed E-state index contributed by atoms with van der Waals surface area (Å²) in [6, 6.07) is 0.335. The average Bonchev–Trinajstić information content (AvgIpc) is 3.13. The van der Waals surface area contributed by atoms with E-state index in [2.05, 4.69) is 20.8 Å². The van der Waals surface area contributed by atoms with Crippen molar-refractivity contribution in [1.82, 2.24) is 20.8 Å². The van der Waals surface area contributed by atoms with E-state index in [-0.39, 0.29) is 12.3 Å². The number of nitrogens with one attached hydrogen (secondary N) is 2. The first-order chi connectivity index (χ1) is 10.3.